The van der Waals surface area contributed by atoms with Crippen molar-refractivity contribution in [3.8, 4) is 0 Å². The van der Waals surface area contributed by atoms with E-state index >= 15 is 0 Å². The summed E-state index contributed by atoms with van der Waals surface area (Å²) in [6, 6.07) is 15.7. The van der Waals surface area contributed by atoms with E-state index in [1.54, 1.807) is 7.11 Å². The molecule has 118 valence electrons. The summed E-state index contributed by atoms with van der Waals surface area (Å²) in [5.41, 5.74) is 1.33. The maximum absolute atomic E-state index is 5.38. The molecule has 0 aromatic heterocycles. The molecule has 0 heterocycles. The van der Waals surface area contributed by atoms with Gasteiger partial charge in [-0.2, -0.15) is 0 Å². The van der Waals surface area contributed by atoms with E-state index in [4.69, 9.17) is 4.74 Å². The maximum Gasteiger partial charge on any atom is 0.0618 e. The van der Waals surface area contributed by atoms with Crippen molar-refractivity contribution in [1.29, 1.82) is 0 Å². The topological polar surface area (TPSA) is 21.3 Å². The molecule has 0 amide bonds. The molecule has 2 atom stereocenters. The molecule has 0 saturated heterocycles. The van der Waals surface area contributed by atoms with E-state index in [2.05, 4.69) is 68.2 Å². The van der Waals surface area contributed by atoms with E-state index in [1.165, 1.54) is 16.3 Å². The summed E-state index contributed by atoms with van der Waals surface area (Å²) >= 11 is 0. The lowest BCUT2D eigenvalue weighted by Crippen LogP contribution is -2.40. The van der Waals surface area contributed by atoms with Gasteiger partial charge in [-0.3, -0.25) is 0 Å². The molecule has 0 aliphatic rings. The standard InChI is InChI=1S/C20H27NO/c1-5-9-19(21-20(14-22-4)15(2)3)18-13-8-11-16-10-6-7-12-17(16)18/h5-8,10-13,15,19-21H,1,9,14H2,2-4H3/t19-,20-/m1/s1. The average molecular weight is 297 g/mol. The van der Waals surface area contributed by atoms with Gasteiger partial charge in [-0.15, -0.1) is 6.58 Å². The Bertz CT molecular complexity index is 600. The molecule has 2 rings (SSSR count). The van der Waals surface area contributed by atoms with E-state index in [0.717, 1.165) is 13.0 Å². The molecule has 2 aromatic carbocycles. The van der Waals surface area contributed by atoms with Crippen LogP contribution >= 0.6 is 0 Å². The van der Waals surface area contributed by atoms with Gasteiger partial charge in [0.05, 0.1) is 6.61 Å². The van der Waals surface area contributed by atoms with Crippen LogP contribution in [0.3, 0.4) is 0 Å². The molecule has 0 fully saturated rings. The molecule has 2 heteroatoms. The summed E-state index contributed by atoms with van der Waals surface area (Å²) in [7, 11) is 1.76. The van der Waals surface area contributed by atoms with E-state index < -0.39 is 0 Å². The minimum Gasteiger partial charge on any atom is -0.383 e. The molecule has 0 aliphatic heterocycles. The van der Waals surface area contributed by atoms with Crippen molar-refractivity contribution < 1.29 is 4.74 Å². The van der Waals surface area contributed by atoms with Gasteiger partial charge in [-0.25, -0.2) is 0 Å². The Morgan fingerprint density at radius 1 is 1.14 bits per heavy atom. The van der Waals surface area contributed by atoms with E-state index in [0.29, 0.717) is 12.0 Å². The molecule has 0 spiro atoms. The summed E-state index contributed by atoms with van der Waals surface area (Å²) in [5.74, 6) is 0.516. The van der Waals surface area contributed by atoms with Crippen molar-refractivity contribution in [3.63, 3.8) is 0 Å². The lowest BCUT2D eigenvalue weighted by Gasteiger charge is -2.28. The Morgan fingerprint density at radius 2 is 1.86 bits per heavy atom. The zero-order valence-electron chi connectivity index (χ0n) is 13.9. The van der Waals surface area contributed by atoms with Crippen molar-refractivity contribution >= 4 is 10.8 Å². The summed E-state index contributed by atoms with van der Waals surface area (Å²) in [4.78, 5) is 0. The highest BCUT2D eigenvalue weighted by Gasteiger charge is 2.20. The van der Waals surface area contributed by atoms with Crippen molar-refractivity contribution in [2.45, 2.75) is 32.4 Å². The second-order valence-corrected chi connectivity index (χ2v) is 6.12. The molecule has 0 radical (unpaired) electrons. The van der Waals surface area contributed by atoms with Crippen molar-refractivity contribution in [3.05, 3.63) is 60.7 Å². The van der Waals surface area contributed by atoms with E-state index in [1.807, 2.05) is 6.08 Å². The third kappa shape index (κ3) is 3.96. The number of ether oxygens (including phenoxy) is 1. The Labute approximate surface area is 134 Å². The normalized spacial score (nSPS) is 14.2. The van der Waals surface area contributed by atoms with Crippen LogP contribution in [-0.2, 0) is 4.74 Å². The zero-order chi connectivity index (χ0) is 15.9. The number of nitrogens with one attached hydrogen (secondary N) is 1. The number of methoxy groups -OCH3 is 1. The van der Waals surface area contributed by atoms with Crippen molar-refractivity contribution in [1.82, 2.24) is 5.32 Å². The van der Waals surface area contributed by atoms with Crippen molar-refractivity contribution in [2.75, 3.05) is 13.7 Å². The molecule has 22 heavy (non-hydrogen) atoms. The fourth-order valence-electron chi connectivity index (χ4n) is 2.88. The summed E-state index contributed by atoms with van der Waals surface area (Å²) in [6.45, 7) is 9.11. The minimum absolute atomic E-state index is 0.256. The molecule has 0 saturated carbocycles. The molecule has 0 bridgehead atoms. The third-order valence-corrected chi connectivity index (χ3v) is 4.17. The van der Waals surface area contributed by atoms with Gasteiger partial charge in [0, 0.05) is 19.2 Å². The Balaban J connectivity index is 2.35. The summed E-state index contributed by atoms with van der Waals surface area (Å²) < 4.78 is 5.38. The lowest BCUT2D eigenvalue weighted by molar-refractivity contribution is 0.140. The SMILES string of the molecule is C=CC[C@@H](N[C@H](COC)C(C)C)c1cccc2ccccc12. The van der Waals surface area contributed by atoms with Crippen LogP contribution in [0.25, 0.3) is 10.8 Å². The zero-order valence-corrected chi connectivity index (χ0v) is 13.9. The Morgan fingerprint density at radius 3 is 2.55 bits per heavy atom. The smallest absolute Gasteiger partial charge is 0.0618 e. The number of fused-ring (bicyclic) bond motifs is 1. The average Bonchev–Trinajstić information content (AvgIpc) is 2.53. The number of hydrogen-bond acceptors (Lipinski definition) is 2. The first-order valence-electron chi connectivity index (χ1n) is 8.01. The third-order valence-electron chi connectivity index (χ3n) is 4.17. The largest absolute Gasteiger partial charge is 0.383 e. The number of benzene rings is 2. The van der Waals surface area contributed by atoms with Crippen LogP contribution in [0.5, 0.6) is 0 Å². The molecule has 2 aromatic rings. The van der Waals surface area contributed by atoms with Crippen LogP contribution in [-0.4, -0.2) is 19.8 Å². The van der Waals surface area contributed by atoms with Crippen LogP contribution in [0, 0.1) is 5.92 Å². The van der Waals surface area contributed by atoms with Crippen LogP contribution < -0.4 is 5.32 Å². The monoisotopic (exact) mass is 297 g/mol. The van der Waals surface area contributed by atoms with Crippen LogP contribution in [0.15, 0.2) is 55.1 Å². The second kappa shape index (κ2) is 8.11. The lowest BCUT2D eigenvalue weighted by atomic mass is 9.94. The predicted molar refractivity (Wildman–Crippen MR) is 95.1 cm³/mol. The van der Waals surface area contributed by atoms with Gasteiger partial charge in [0.15, 0.2) is 0 Å². The first-order chi connectivity index (χ1) is 10.7. The first kappa shape index (κ1) is 16.7. The highest BCUT2D eigenvalue weighted by Crippen LogP contribution is 2.27. The second-order valence-electron chi connectivity index (χ2n) is 6.12. The highest BCUT2D eigenvalue weighted by atomic mass is 16.5. The summed E-state index contributed by atoms with van der Waals surface area (Å²) in [6.07, 6.45) is 2.89. The van der Waals surface area contributed by atoms with Crippen molar-refractivity contribution in [2.24, 2.45) is 5.92 Å². The quantitative estimate of drug-likeness (QED) is 0.712. The number of hydrogen-bond donors (Lipinski definition) is 1. The van der Waals surface area contributed by atoms with Crippen LogP contribution in [0.4, 0.5) is 0 Å². The predicted octanol–water partition coefficient (Wildman–Crippen LogP) is 4.72. The molecular weight excluding hydrogens is 270 g/mol. The Hall–Kier alpha value is -1.64. The van der Waals surface area contributed by atoms with Gasteiger partial charge in [0.25, 0.3) is 0 Å². The molecule has 0 unspecified atom stereocenters. The Kier molecular flexibility index (Phi) is 6.17. The van der Waals surface area contributed by atoms with Gasteiger partial charge in [0.2, 0.25) is 0 Å². The molecule has 1 N–H and O–H groups in total. The fourth-order valence-corrected chi connectivity index (χ4v) is 2.88. The van der Waals surface area contributed by atoms with Gasteiger partial charge >= 0.3 is 0 Å². The minimum atomic E-state index is 0.256. The van der Waals surface area contributed by atoms with Crippen LogP contribution in [0.1, 0.15) is 31.9 Å². The first-order valence-corrected chi connectivity index (χ1v) is 8.01. The van der Waals surface area contributed by atoms with Gasteiger partial charge in [-0.05, 0) is 28.7 Å². The fraction of sp³-hybridized carbons (Fsp3) is 0.400. The number of rotatable bonds is 8. The summed E-state index contributed by atoms with van der Waals surface area (Å²) in [5, 5.41) is 6.36. The maximum atomic E-state index is 5.38. The van der Waals surface area contributed by atoms with E-state index in [9.17, 15) is 0 Å². The highest BCUT2D eigenvalue weighted by molar-refractivity contribution is 5.86. The molecule has 2 nitrogen and oxygen atoms in total. The van der Waals surface area contributed by atoms with Crippen LogP contribution in [0.2, 0.25) is 0 Å². The molecule has 0 aliphatic carbocycles. The van der Waals surface area contributed by atoms with Gasteiger partial charge < -0.3 is 10.1 Å². The molecular formula is C20H27NO. The van der Waals surface area contributed by atoms with E-state index in [-0.39, 0.29) is 6.04 Å². The van der Waals surface area contributed by atoms with Gasteiger partial charge in [-0.1, -0.05) is 62.4 Å². The van der Waals surface area contributed by atoms with Gasteiger partial charge in [0.1, 0.15) is 0 Å².